The molecule has 0 aliphatic carbocycles. The van der Waals surface area contributed by atoms with Gasteiger partial charge in [-0.05, 0) is 19.8 Å². The maximum Gasteiger partial charge on any atom is 0.330 e. The molecule has 0 saturated carbocycles. The van der Waals surface area contributed by atoms with Gasteiger partial charge in [0.05, 0.1) is 6.04 Å². The van der Waals surface area contributed by atoms with E-state index in [4.69, 9.17) is 4.52 Å². The largest absolute Gasteiger partial charge is 0.365 e. The highest BCUT2D eigenvalue weighted by Gasteiger charge is 2.41. The van der Waals surface area contributed by atoms with Gasteiger partial charge in [0.15, 0.2) is 0 Å². The van der Waals surface area contributed by atoms with Crippen molar-refractivity contribution < 1.29 is 31.6 Å². The van der Waals surface area contributed by atoms with Crippen LogP contribution in [0.15, 0.2) is 10.6 Å². The molecule has 1 aliphatic heterocycles. The first-order valence-electron chi connectivity index (χ1n) is 6.77. The van der Waals surface area contributed by atoms with Crippen LogP contribution < -0.4 is 0 Å². The topological polar surface area (TPSA) is 55.6 Å². The van der Waals surface area contributed by atoms with Crippen LogP contribution in [-0.2, 0) is 9.53 Å². The number of aromatic nitrogens is 1. The predicted molar refractivity (Wildman–Crippen MR) is 66.7 cm³/mol. The van der Waals surface area contributed by atoms with Gasteiger partial charge in [-0.3, -0.25) is 4.79 Å². The molecule has 9 heteroatoms. The first-order chi connectivity index (χ1) is 10.3. The highest BCUT2D eigenvalue weighted by atomic mass is 19.3. The Morgan fingerprint density at radius 2 is 2.32 bits per heavy atom. The third-order valence-corrected chi connectivity index (χ3v) is 3.40. The summed E-state index contributed by atoms with van der Waals surface area (Å²) in [5, 5.41) is 3.84. The van der Waals surface area contributed by atoms with Gasteiger partial charge in [-0.15, -0.1) is 0 Å². The Hall–Kier alpha value is -1.64. The first kappa shape index (κ1) is 16.7. The summed E-state index contributed by atoms with van der Waals surface area (Å²) in [6.45, 7) is -0.00915. The van der Waals surface area contributed by atoms with E-state index in [1.165, 1.54) is 4.90 Å². The summed E-state index contributed by atoms with van der Waals surface area (Å²) in [5.41, 5.74) is 0.585. The van der Waals surface area contributed by atoms with E-state index in [1.807, 2.05) is 0 Å². The lowest BCUT2D eigenvalue weighted by Gasteiger charge is -2.23. The summed E-state index contributed by atoms with van der Waals surface area (Å²) in [6.07, 6.45) is -2.42. The number of likely N-dealkylation sites (tertiary alicyclic amines) is 1. The standard InChI is InChI=1S/C13H16F4N2O3/c1-8-5-9(18-22-8)10-3-2-4-19(10)11(20)6-21-7-13(16,17)12(14)15/h5,10,12H,2-4,6-7H2,1H3/t10-/m0/s1. The van der Waals surface area contributed by atoms with E-state index in [0.29, 0.717) is 24.4 Å². The summed E-state index contributed by atoms with van der Waals surface area (Å²) in [7, 11) is 0. The molecular formula is C13H16F4N2O3. The zero-order valence-electron chi connectivity index (χ0n) is 11.9. The molecule has 5 nitrogen and oxygen atoms in total. The summed E-state index contributed by atoms with van der Waals surface area (Å²) in [5.74, 6) is -4.19. The van der Waals surface area contributed by atoms with Crippen molar-refractivity contribution >= 4 is 5.91 Å². The lowest BCUT2D eigenvalue weighted by molar-refractivity contribution is -0.171. The minimum absolute atomic E-state index is 0.302. The normalized spacial score (nSPS) is 19.2. The van der Waals surface area contributed by atoms with Crippen LogP contribution in [-0.4, -0.2) is 48.1 Å². The van der Waals surface area contributed by atoms with Crippen LogP contribution in [0.2, 0.25) is 0 Å². The molecular weight excluding hydrogens is 308 g/mol. The van der Waals surface area contributed by atoms with Gasteiger partial charge in [-0.25, -0.2) is 8.78 Å². The van der Waals surface area contributed by atoms with Gasteiger partial charge < -0.3 is 14.2 Å². The number of aryl methyl sites for hydroxylation is 1. The van der Waals surface area contributed by atoms with Crippen LogP contribution in [0.5, 0.6) is 0 Å². The molecule has 1 aromatic heterocycles. The highest BCUT2D eigenvalue weighted by molar-refractivity contribution is 5.78. The molecule has 2 heterocycles. The number of rotatable bonds is 6. The molecule has 1 amide bonds. The number of nitrogens with zero attached hydrogens (tertiary/aromatic N) is 2. The average Bonchev–Trinajstić information content (AvgIpc) is 3.06. The molecule has 1 aliphatic rings. The van der Waals surface area contributed by atoms with Gasteiger partial charge in [0.1, 0.15) is 24.7 Å². The third kappa shape index (κ3) is 3.76. The van der Waals surface area contributed by atoms with Crippen molar-refractivity contribution in [3.05, 3.63) is 17.5 Å². The van der Waals surface area contributed by atoms with E-state index in [9.17, 15) is 22.4 Å². The van der Waals surface area contributed by atoms with Crippen molar-refractivity contribution in [1.82, 2.24) is 10.1 Å². The SMILES string of the molecule is Cc1cc([C@@H]2CCCN2C(=O)COCC(F)(F)C(F)F)no1. The van der Waals surface area contributed by atoms with Gasteiger partial charge >= 0.3 is 12.3 Å². The van der Waals surface area contributed by atoms with E-state index < -0.39 is 31.5 Å². The Kier molecular flexibility index (Phi) is 5.05. The molecule has 1 aromatic rings. The Labute approximate surface area is 124 Å². The Bertz CT molecular complexity index is 521. The molecule has 22 heavy (non-hydrogen) atoms. The lowest BCUT2D eigenvalue weighted by Crippen LogP contribution is -2.37. The molecule has 0 aromatic carbocycles. The summed E-state index contributed by atoms with van der Waals surface area (Å²) < 4.78 is 58.8. The number of hydrogen-bond acceptors (Lipinski definition) is 4. The molecule has 1 saturated heterocycles. The summed E-state index contributed by atoms with van der Waals surface area (Å²) >= 11 is 0. The second-order valence-electron chi connectivity index (χ2n) is 5.16. The number of halogens is 4. The second-order valence-corrected chi connectivity index (χ2v) is 5.16. The van der Waals surface area contributed by atoms with E-state index in [2.05, 4.69) is 9.89 Å². The fourth-order valence-electron chi connectivity index (χ4n) is 2.34. The van der Waals surface area contributed by atoms with Crippen molar-refractivity contribution in [2.75, 3.05) is 19.8 Å². The quantitative estimate of drug-likeness (QED) is 0.755. The highest BCUT2D eigenvalue weighted by Crippen LogP contribution is 2.31. The number of carbonyl (C=O) groups excluding carboxylic acids is 1. The Morgan fingerprint density at radius 1 is 1.59 bits per heavy atom. The maximum atomic E-state index is 12.7. The van der Waals surface area contributed by atoms with Crippen LogP contribution in [0.25, 0.3) is 0 Å². The zero-order chi connectivity index (χ0) is 16.3. The van der Waals surface area contributed by atoms with Crippen LogP contribution in [0.4, 0.5) is 17.6 Å². The van der Waals surface area contributed by atoms with Gasteiger partial charge in [0.25, 0.3) is 0 Å². The van der Waals surface area contributed by atoms with Crippen molar-refractivity contribution in [1.29, 1.82) is 0 Å². The molecule has 0 N–H and O–H groups in total. The third-order valence-electron chi connectivity index (χ3n) is 3.40. The smallest absolute Gasteiger partial charge is 0.330 e. The number of hydrogen-bond donors (Lipinski definition) is 0. The van der Waals surface area contributed by atoms with Gasteiger partial charge in [0.2, 0.25) is 5.91 Å². The van der Waals surface area contributed by atoms with E-state index >= 15 is 0 Å². The van der Waals surface area contributed by atoms with Crippen molar-refractivity contribution in [2.45, 2.75) is 38.2 Å². The number of amides is 1. The van der Waals surface area contributed by atoms with E-state index in [0.717, 1.165) is 6.42 Å². The van der Waals surface area contributed by atoms with Crippen molar-refractivity contribution in [3.63, 3.8) is 0 Å². The van der Waals surface area contributed by atoms with E-state index in [1.54, 1.807) is 13.0 Å². The number of carbonyl (C=O) groups is 1. The Balaban J connectivity index is 1.89. The number of ether oxygens (including phenoxy) is 1. The zero-order valence-corrected chi connectivity index (χ0v) is 11.9. The fourth-order valence-corrected chi connectivity index (χ4v) is 2.34. The van der Waals surface area contributed by atoms with Crippen molar-refractivity contribution in [3.8, 4) is 0 Å². The van der Waals surface area contributed by atoms with Crippen LogP contribution in [0, 0.1) is 6.92 Å². The molecule has 1 fully saturated rings. The Morgan fingerprint density at radius 3 is 2.91 bits per heavy atom. The van der Waals surface area contributed by atoms with Gasteiger partial charge in [0, 0.05) is 12.6 Å². The predicted octanol–water partition coefficient (Wildman–Crippen LogP) is 2.56. The molecule has 0 radical (unpaired) electrons. The minimum Gasteiger partial charge on any atom is -0.365 e. The molecule has 2 rings (SSSR count). The molecule has 0 spiro atoms. The molecule has 0 bridgehead atoms. The summed E-state index contributed by atoms with van der Waals surface area (Å²) in [6, 6.07) is 1.39. The van der Waals surface area contributed by atoms with E-state index in [-0.39, 0.29) is 6.04 Å². The van der Waals surface area contributed by atoms with Crippen LogP contribution in [0.3, 0.4) is 0 Å². The lowest BCUT2D eigenvalue weighted by atomic mass is 10.1. The summed E-state index contributed by atoms with van der Waals surface area (Å²) in [4.78, 5) is 13.4. The van der Waals surface area contributed by atoms with Crippen LogP contribution >= 0.6 is 0 Å². The maximum absolute atomic E-state index is 12.7. The fraction of sp³-hybridized carbons (Fsp3) is 0.692. The monoisotopic (exact) mass is 324 g/mol. The molecule has 124 valence electrons. The average molecular weight is 324 g/mol. The molecule has 1 atom stereocenters. The minimum atomic E-state index is -4.26. The van der Waals surface area contributed by atoms with Crippen molar-refractivity contribution in [2.24, 2.45) is 0 Å². The van der Waals surface area contributed by atoms with Gasteiger partial charge in [-0.1, -0.05) is 5.16 Å². The van der Waals surface area contributed by atoms with Gasteiger partial charge in [-0.2, -0.15) is 8.78 Å². The van der Waals surface area contributed by atoms with Crippen LogP contribution in [0.1, 0.15) is 30.3 Å². The first-order valence-corrected chi connectivity index (χ1v) is 6.77. The molecule has 0 unspecified atom stereocenters. The number of alkyl halides is 4. The second kappa shape index (κ2) is 6.64.